The van der Waals surface area contributed by atoms with Gasteiger partial charge in [0.2, 0.25) is 0 Å². The molecule has 96 valence electrons. The number of benzene rings is 1. The van der Waals surface area contributed by atoms with Crippen molar-refractivity contribution in [2.45, 2.75) is 20.4 Å². The fourth-order valence-corrected chi connectivity index (χ4v) is 2.31. The van der Waals surface area contributed by atoms with E-state index in [1.54, 1.807) is 0 Å². The zero-order valence-electron chi connectivity index (χ0n) is 10.9. The highest BCUT2D eigenvalue weighted by molar-refractivity contribution is 5.87. The minimum atomic E-state index is 0.686. The highest BCUT2D eigenvalue weighted by Gasteiger charge is 2.11. The summed E-state index contributed by atoms with van der Waals surface area (Å²) in [5.74, 6) is 0.839. The summed E-state index contributed by atoms with van der Waals surface area (Å²) in [4.78, 5) is 10.9. The van der Waals surface area contributed by atoms with Gasteiger partial charge in [-0.3, -0.25) is 4.79 Å². The summed E-state index contributed by atoms with van der Waals surface area (Å²) in [5, 5.41) is 5.09. The maximum atomic E-state index is 10.9. The lowest BCUT2D eigenvalue weighted by molar-refractivity contribution is 0.112. The minimum Gasteiger partial charge on any atom is -0.361 e. The predicted octanol–water partition coefficient (Wildman–Crippen LogP) is 3.11. The number of fused-ring (bicyclic) bond motifs is 1. The quantitative estimate of drug-likeness (QED) is 0.675. The second-order valence-electron chi connectivity index (χ2n) is 4.68. The molecule has 2 heterocycles. The fraction of sp³-hybridized carbons (Fsp3) is 0.200. The van der Waals surface area contributed by atoms with E-state index in [1.807, 2.05) is 44.3 Å². The van der Waals surface area contributed by atoms with Crippen LogP contribution in [0.5, 0.6) is 0 Å². The van der Waals surface area contributed by atoms with Crippen LogP contribution >= 0.6 is 0 Å². The van der Waals surface area contributed by atoms with Gasteiger partial charge in [0.25, 0.3) is 0 Å². The van der Waals surface area contributed by atoms with E-state index < -0.39 is 0 Å². The smallest absolute Gasteiger partial charge is 0.150 e. The molecule has 1 aromatic carbocycles. The Hall–Kier alpha value is -2.36. The standard InChI is InChI=1S/C15H14N2O2/c1-10-14(11(2)19-16-10)8-17-6-5-13-4-3-12(9-18)7-15(13)17/h3-7,9H,8H2,1-2H3. The van der Waals surface area contributed by atoms with E-state index in [4.69, 9.17) is 4.52 Å². The third-order valence-corrected chi connectivity index (χ3v) is 3.44. The van der Waals surface area contributed by atoms with Crippen molar-refractivity contribution in [1.82, 2.24) is 9.72 Å². The minimum absolute atomic E-state index is 0.686. The Morgan fingerprint density at radius 3 is 2.84 bits per heavy atom. The molecule has 19 heavy (non-hydrogen) atoms. The topological polar surface area (TPSA) is 48.0 Å². The fourth-order valence-electron chi connectivity index (χ4n) is 2.31. The Labute approximate surface area is 110 Å². The lowest BCUT2D eigenvalue weighted by Crippen LogP contribution is -2.00. The number of carbonyl (C=O) groups excluding carboxylic acids is 1. The van der Waals surface area contributed by atoms with E-state index >= 15 is 0 Å². The van der Waals surface area contributed by atoms with Crippen molar-refractivity contribution < 1.29 is 9.32 Å². The van der Waals surface area contributed by atoms with E-state index in [-0.39, 0.29) is 0 Å². The normalized spacial score (nSPS) is 11.1. The lowest BCUT2D eigenvalue weighted by Gasteiger charge is -2.05. The molecular formula is C15H14N2O2. The molecule has 0 spiro atoms. The van der Waals surface area contributed by atoms with Crippen molar-refractivity contribution in [2.75, 3.05) is 0 Å². The van der Waals surface area contributed by atoms with Gasteiger partial charge >= 0.3 is 0 Å². The van der Waals surface area contributed by atoms with Crippen molar-refractivity contribution in [3.05, 3.63) is 53.0 Å². The second-order valence-corrected chi connectivity index (χ2v) is 4.68. The molecular weight excluding hydrogens is 240 g/mol. The van der Waals surface area contributed by atoms with Gasteiger partial charge in [0.15, 0.2) is 0 Å². The Morgan fingerprint density at radius 1 is 1.32 bits per heavy atom. The zero-order chi connectivity index (χ0) is 13.4. The third kappa shape index (κ3) is 1.95. The van der Waals surface area contributed by atoms with Crippen molar-refractivity contribution in [3.63, 3.8) is 0 Å². The molecule has 0 unspecified atom stereocenters. The van der Waals surface area contributed by atoms with Gasteiger partial charge in [-0.1, -0.05) is 17.3 Å². The van der Waals surface area contributed by atoms with Crippen LogP contribution in [0.1, 0.15) is 27.4 Å². The molecule has 0 amide bonds. The summed E-state index contributed by atoms with van der Waals surface area (Å²) in [5.41, 5.74) is 3.73. The number of carbonyl (C=O) groups is 1. The van der Waals surface area contributed by atoms with Crippen molar-refractivity contribution in [2.24, 2.45) is 0 Å². The van der Waals surface area contributed by atoms with Gasteiger partial charge in [0.05, 0.1) is 12.2 Å². The first-order chi connectivity index (χ1) is 9.19. The first-order valence-electron chi connectivity index (χ1n) is 6.15. The van der Waals surface area contributed by atoms with Gasteiger partial charge in [0.1, 0.15) is 12.0 Å². The van der Waals surface area contributed by atoms with Gasteiger partial charge in [0, 0.05) is 22.8 Å². The SMILES string of the molecule is Cc1noc(C)c1Cn1ccc2ccc(C=O)cc21. The first-order valence-corrected chi connectivity index (χ1v) is 6.15. The van der Waals surface area contributed by atoms with Crippen LogP contribution in [0.25, 0.3) is 10.9 Å². The van der Waals surface area contributed by atoms with Crippen LogP contribution in [0.3, 0.4) is 0 Å². The van der Waals surface area contributed by atoms with Crippen molar-refractivity contribution >= 4 is 17.2 Å². The molecule has 3 rings (SSSR count). The molecule has 0 bridgehead atoms. The number of rotatable bonds is 3. The Morgan fingerprint density at radius 2 is 2.16 bits per heavy atom. The number of aldehydes is 1. The average molecular weight is 254 g/mol. The Kier molecular flexibility index (Phi) is 2.71. The summed E-state index contributed by atoms with van der Waals surface area (Å²) in [6.45, 7) is 4.55. The van der Waals surface area contributed by atoms with Crippen LogP contribution in [-0.4, -0.2) is 16.0 Å². The molecule has 0 saturated carbocycles. The maximum Gasteiger partial charge on any atom is 0.150 e. The first kappa shape index (κ1) is 11.7. The monoisotopic (exact) mass is 254 g/mol. The highest BCUT2D eigenvalue weighted by atomic mass is 16.5. The third-order valence-electron chi connectivity index (χ3n) is 3.44. The molecule has 4 heteroatoms. The summed E-state index contributed by atoms with van der Waals surface area (Å²) < 4.78 is 7.29. The molecule has 0 fully saturated rings. The lowest BCUT2D eigenvalue weighted by atomic mass is 10.1. The largest absolute Gasteiger partial charge is 0.361 e. The Balaban J connectivity index is 2.08. The van der Waals surface area contributed by atoms with E-state index in [9.17, 15) is 4.79 Å². The molecule has 0 aliphatic heterocycles. The summed E-state index contributed by atoms with van der Waals surface area (Å²) in [6, 6.07) is 7.74. The van der Waals surface area contributed by atoms with Gasteiger partial charge in [-0.25, -0.2) is 0 Å². The van der Waals surface area contributed by atoms with Crippen LogP contribution in [0, 0.1) is 13.8 Å². The van der Waals surface area contributed by atoms with Gasteiger partial charge in [-0.15, -0.1) is 0 Å². The number of aryl methyl sites for hydroxylation is 2. The molecule has 3 aromatic rings. The maximum absolute atomic E-state index is 10.9. The molecule has 0 aliphatic carbocycles. The molecule has 2 aromatic heterocycles. The van der Waals surface area contributed by atoms with Gasteiger partial charge in [-0.05, 0) is 31.4 Å². The van der Waals surface area contributed by atoms with Crippen molar-refractivity contribution in [3.8, 4) is 0 Å². The summed E-state index contributed by atoms with van der Waals surface area (Å²) in [7, 11) is 0. The average Bonchev–Trinajstić information content (AvgIpc) is 2.97. The molecule has 0 N–H and O–H groups in total. The molecule has 0 saturated heterocycles. The second kappa shape index (κ2) is 4.39. The van der Waals surface area contributed by atoms with Crippen LogP contribution < -0.4 is 0 Å². The van der Waals surface area contributed by atoms with Crippen LogP contribution in [0.2, 0.25) is 0 Å². The van der Waals surface area contributed by atoms with Gasteiger partial charge in [-0.2, -0.15) is 0 Å². The number of hydrogen-bond donors (Lipinski definition) is 0. The Bertz CT molecular complexity index is 733. The molecule has 0 radical (unpaired) electrons. The molecule has 0 aliphatic rings. The number of aromatic nitrogens is 2. The molecule has 4 nitrogen and oxygen atoms in total. The van der Waals surface area contributed by atoms with E-state index in [0.717, 1.165) is 34.2 Å². The van der Waals surface area contributed by atoms with Gasteiger partial charge < -0.3 is 9.09 Å². The summed E-state index contributed by atoms with van der Waals surface area (Å²) >= 11 is 0. The summed E-state index contributed by atoms with van der Waals surface area (Å²) in [6.07, 6.45) is 2.89. The van der Waals surface area contributed by atoms with E-state index in [0.29, 0.717) is 12.1 Å². The van der Waals surface area contributed by atoms with Crippen molar-refractivity contribution in [1.29, 1.82) is 0 Å². The van der Waals surface area contributed by atoms with E-state index in [1.165, 1.54) is 0 Å². The van der Waals surface area contributed by atoms with Crippen LogP contribution in [-0.2, 0) is 6.54 Å². The zero-order valence-corrected chi connectivity index (χ0v) is 10.9. The number of hydrogen-bond acceptors (Lipinski definition) is 3. The number of nitrogens with zero attached hydrogens (tertiary/aromatic N) is 2. The predicted molar refractivity (Wildman–Crippen MR) is 72.4 cm³/mol. The van der Waals surface area contributed by atoms with Crippen LogP contribution in [0.4, 0.5) is 0 Å². The molecule has 0 atom stereocenters. The van der Waals surface area contributed by atoms with Crippen LogP contribution in [0.15, 0.2) is 35.0 Å². The highest BCUT2D eigenvalue weighted by Crippen LogP contribution is 2.21. The van der Waals surface area contributed by atoms with E-state index in [2.05, 4.69) is 9.72 Å².